The second kappa shape index (κ2) is 11.4. The first-order valence-electron chi connectivity index (χ1n) is 10.9. The summed E-state index contributed by atoms with van der Waals surface area (Å²) < 4.78 is 41.5. The zero-order chi connectivity index (χ0) is 26.6. The van der Waals surface area contributed by atoms with Crippen LogP contribution in [0.25, 0.3) is 0 Å². The van der Waals surface area contributed by atoms with Crippen molar-refractivity contribution in [2.45, 2.75) is 45.8 Å². The Morgan fingerprint density at radius 3 is 2.14 bits per heavy atom. The van der Waals surface area contributed by atoms with E-state index in [1.807, 2.05) is 20.8 Å². The third-order valence-corrected chi connectivity index (χ3v) is 7.29. The quantitative estimate of drug-likeness (QED) is 0.542. The van der Waals surface area contributed by atoms with Gasteiger partial charge in [0.25, 0.3) is 0 Å². The molecule has 0 aliphatic heterocycles. The number of anilines is 1. The Balaban J connectivity index is 2.48. The van der Waals surface area contributed by atoms with Crippen LogP contribution in [0.4, 0.5) is 10.1 Å². The van der Waals surface area contributed by atoms with Gasteiger partial charge in [-0.3, -0.25) is 9.59 Å². The van der Waals surface area contributed by atoms with Crippen LogP contribution in [0.1, 0.15) is 33.3 Å². The maximum absolute atomic E-state index is 13.6. The normalized spacial score (nSPS) is 12.8. The van der Waals surface area contributed by atoms with Crippen molar-refractivity contribution in [2.75, 3.05) is 24.9 Å². The van der Waals surface area contributed by atoms with E-state index in [1.165, 1.54) is 31.1 Å². The summed E-state index contributed by atoms with van der Waals surface area (Å²) in [5.74, 6) is -1.58. The van der Waals surface area contributed by atoms with Crippen LogP contribution in [0.2, 0.25) is 5.02 Å². The van der Waals surface area contributed by atoms with E-state index in [0.717, 1.165) is 20.7 Å². The molecule has 1 N–H and O–H groups in total. The molecule has 0 spiro atoms. The first-order valence-corrected chi connectivity index (χ1v) is 12.7. The predicted molar refractivity (Wildman–Crippen MR) is 136 cm³/mol. The highest BCUT2D eigenvalue weighted by molar-refractivity contribution is 7.90. The van der Waals surface area contributed by atoms with E-state index < -0.39 is 46.0 Å². The second-order valence-electron chi connectivity index (χ2n) is 9.30. The maximum Gasteiger partial charge on any atom is 0.304 e. The molecule has 2 aromatic rings. The molecule has 0 unspecified atom stereocenters. The highest BCUT2D eigenvalue weighted by Gasteiger charge is 2.33. The molecule has 2 amide bonds. The van der Waals surface area contributed by atoms with E-state index in [2.05, 4.69) is 5.32 Å². The molecule has 2 rings (SSSR count). The zero-order valence-corrected chi connectivity index (χ0v) is 22.3. The summed E-state index contributed by atoms with van der Waals surface area (Å²) >= 11 is 6.31. The minimum absolute atomic E-state index is 0.0174. The van der Waals surface area contributed by atoms with Crippen molar-refractivity contribution in [3.05, 3.63) is 64.9 Å². The molecule has 0 saturated carbocycles. The number of amides is 2. The summed E-state index contributed by atoms with van der Waals surface area (Å²) in [7, 11) is -1.46. The third-order valence-electron chi connectivity index (χ3n) is 5.10. The third kappa shape index (κ3) is 7.65. The summed E-state index contributed by atoms with van der Waals surface area (Å²) in [6, 6.07) is 10.7. The van der Waals surface area contributed by atoms with Crippen LogP contribution in [0.5, 0.6) is 0 Å². The zero-order valence-electron chi connectivity index (χ0n) is 20.7. The fourth-order valence-electron chi connectivity index (χ4n) is 3.19. The topological polar surface area (TPSA) is 90.0 Å². The smallest absolute Gasteiger partial charge is 0.304 e. The lowest BCUT2D eigenvalue weighted by Crippen LogP contribution is -2.55. The lowest BCUT2D eigenvalue weighted by atomic mass is 10.1. The Bertz CT molecular complexity index is 1150. The minimum atomic E-state index is -4.12. The molecule has 0 bridgehead atoms. The number of benzene rings is 2. The van der Waals surface area contributed by atoms with Crippen molar-refractivity contribution < 1.29 is 22.4 Å². The van der Waals surface area contributed by atoms with Gasteiger partial charge in [-0.2, -0.15) is 12.7 Å². The molecule has 0 saturated heterocycles. The lowest BCUT2D eigenvalue weighted by Gasteiger charge is -2.34. The number of hydrogen-bond donors (Lipinski definition) is 1. The van der Waals surface area contributed by atoms with Gasteiger partial charge in [0.05, 0.1) is 5.69 Å². The lowest BCUT2D eigenvalue weighted by molar-refractivity contribution is -0.140. The number of hydrogen-bond acceptors (Lipinski definition) is 4. The minimum Gasteiger partial charge on any atom is -0.350 e. The maximum atomic E-state index is 13.6. The Morgan fingerprint density at radius 2 is 1.63 bits per heavy atom. The number of halogens is 2. The molecule has 11 heteroatoms. The summed E-state index contributed by atoms with van der Waals surface area (Å²) in [4.78, 5) is 27.8. The largest absolute Gasteiger partial charge is 0.350 e. The van der Waals surface area contributed by atoms with Crippen molar-refractivity contribution in [2.24, 2.45) is 0 Å². The van der Waals surface area contributed by atoms with Gasteiger partial charge in [-0.1, -0.05) is 29.8 Å². The number of nitrogens with one attached hydrogen (secondary N) is 1. The Hall–Kier alpha value is -2.69. The van der Waals surface area contributed by atoms with Gasteiger partial charge in [-0.15, -0.1) is 0 Å². The van der Waals surface area contributed by atoms with Crippen molar-refractivity contribution >= 4 is 39.3 Å². The number of carbonyl (C=O) groups is 2. The van der Waals surface area contributed by atoms with Gasteiger partial charge in [-0.25, -0.2) is 8.70 Å². The monoisotopic (exact) mass is 526 g/mol. The summed E-state index contributed by atoms with van der Waals surface area (Å²) in [6.07, 6.45) is 0. The van der Waals surface area contributed by atoms with Gasteiger partial charge < -0.3 is 10.2 Å². The number of carbonyl (C=O) groups excluding carboxylic acids is 2. The van der Waals surface area contributed by atoms with Gasteiger partial charge in [0, 0.05) is 31.2 Å². The second-order valence-corrected chi connectivity index (χ2v) is 11.8. The molecule has 0 radical (unpaired) electrons. The van der Waals surface area contributed by atoms with E-state index >= 15 is 0 Å². The molecular formula is C24H32ClFN4O4S. The van der Waals surface area contributed by atoms with Crippen LogP contribution in [0.3, 0.4) is 0 Å². The number of rotatable bonds is 9. The van der Waals surface area contributed by atoms with E-state index in [9.17, 15) is 22.4 Å². The molecule has 192 valence electrons. The van der Waals surface area contributed by atoms with Crippen molar-refractivity contribution in [3.63, 3.8) is 0 Å². The summed E-state index contributed by atoms with van der Waals surface area (Å²) in [6.45, 7) is 6.39. The highest BCUT2D eigenvalue weighted by atomic mass is 35.5. The molecule has 35 heavy (non-hydrogen) atoms. The molecule has 0 aliphatic rings. The SMILES string of the molecule is C[C@H](C(=O)NC(C)(C)C)N(Cc1ccccc1Cl)C(=O)CN(c1ccc(F)cc1)S(=O)(=O)N(C)C. The molecule has 1 atom stereocenters. The van der Waals surface area contributed by atoms with Gasteiger partial charge in [-0.05, 0) is 63.6 Å². The fourth-order valence-corrected chi connectivity index (χ4v) is 4.44. The molecule has 0 aromatic heterocycles. The van der Waals surface area contributed by atoms with Crippen LogP contribution in [0.15, 0.2) is 48.5 Å². The van der Waals surface area contributed by atoms with Crippen LogP contribution in [-0.2, 0) is 26.3 Å². The first kappa shape index (κ1) is 28.5. The Morgan fingerprint density at radius 1 is 1.06 bits per heavy atom. The highest BCUT2D eigenvalue weighted by Crippen LogP contribution is 2.23. The van der Waals surface area contributed by atoms with Crippen LogP contribution in [0, 0.1) is 5.82 Å². The molecule has 0 fully saturated rings. The van der Waals surface area contributed by atoms with E-state index in [-0.39, 0.29) is 12.2 Å². The standard InChI is InChI=1S/C24H32ClFN4O4S/c1-17(23(32)27-24(2,3)4)29(15-18-9-7-8-10-21(18)25)22(31)16-30(35(33,34)28(5)6)20-13-11-19(26)12-14-20/h7-14,17H,15-16H2,1-6H3,(H,27,32)/t17-/m1/s1. The summed E-state index contributed by atoms with van der Waals surface area (Å²) in [5.41, 5.74) is 0.165. The molecule has 8 nitrogen and oxygen atoms in total. The first-order chi connectivity index (χ1) is 16.1. The van der Waals surface area contributed by atoms with Gasteiger partial charge in [0.2, 0.25) is 11.8 Å². The predicted octanol–water partition coefficient (Wildman–Crippen LogP) is 3.42. The number of nitrogens with zero attached hydrogens (tertiary/aromatic N) is 3. The van der Waals surface area contributed by atoms with E-state index in [1.54, 1.807) is 31.2 Å². The van der Waals surface area contributed by atoms with Gasteiger partial charge in [0.1, 0.15) is 18.4 Å². The van der Waals surface area contributed by atoms with Crippen molar-refractivity contribution in [1.29, 1.82) is 0 Å². The summed E-state index contributed by atoms with van der Waals surface area (Å²) in [5, 5.41) is 3.25. The van der Waals surface area contributed by atoms with Gasteiger partial charge >= 0.3 is 10.2 Å². The van der Waals surface area contributed by atoms with Crippen molar-refractivity contribution in [1.82, 2.24) is 14.5 Å². The van der Waals surface area contributed by atoms with E-state index in [4.69, 9.17) is 11.6 Å². The van der Waals surface area contributed by atoms with Crippen LogP contribution in [-0.4, -0.2) is 61.7 Å². The Kier molecular flexibility index (Phi) is 9.27. The molecular weight excluding hydrogens is 495 g/mol. The fraction of sp³-hybridized carbons (Fsp3) is 0.417. The molecule has 0 aliphatic carbocycles. The average Bonchev–Trinajstić information content (AvgIpc) is 2.75. The van der Waals surface area contributed by atoms with Gasteiger partial charge in [0.15, 0.2) is 0 Å². The Labute approximate surface area is 211 Å². The van der Waals surface area contributed by atoms with E-state index in [0.29, 0.717) is 10.6 Å². The average molecular weight is 527 g/mol. The van der Waals surface area contributed by atoms with Crippen LogP contribution >= 0.6 is 11.6 Å². The molecule has 2 aromatic carbocycles. The van der Waals surface area contributed by atoms with Crippen molar-refractivity contribution in [3.8, 4) is 0 Å². The molecule has 0 heterocycles. The van der Waals surface area contributed by atoms with Crippen LogP contribution < -0.4 is 9.62 Å².